The van der Waals surface area contributed by atoms with E-state index in [-0.39, 0.29) is 5.91 Å². The summed E-state index contributed by atoms with van der Waals surface area (Å²) < 4.78 is 10.4. The zero-order valence-corrected chi connectivity index (χ0v) is 12.5. The van der Waals surface area contributed by atoms with Gasteiger partial charge in [-0.2, -0.15) is 0 Å². The van der Waals surface area contributed by atoms with Gasteiger partial charge in [0.05, 0.1) is 19.9 Å². The van der Waals surface area contributed by atoms with Crippen LogP contribution >= 0.6 is 11.3 Å². The summed E-state index contributed by atoms with van der Waals surface area (Å²) in [4.78, 5) is 17.8. The summed E-state index contributed by atoms with van der Waals surface area (Å²) >= 11 is 1.50. The molecule has 0 spiro atoms. The lowest BCUT2D eigenvalue weighted by atomic mass is 10.2. The highest BCUT2D eigenvalue weighted by molar-refractivity contribution is 7.15. The number of nitrogens with one attached hydrogen (secondary N) is 2. The number of fused-ring (bicyclic) bond motifs is 1. The third kappa shape index (κ3) is 2.70. The molecule has 3 rings (SSSR count). The van der Waals surface area contributed by atoms with Crippen LogP contribution in [0, 0.1) is 0 Å². The number of aromatic nitrogens is 1. The van der Waals surface area contributed by atoms with Gasteiger partial charge in [-0.15, -0.1) is 11.3 Å². The van der Waals surface area contributed by atoms with Crippen molar-refractivity contribution in [3.8, 4) is 11.5 Å². The van der Waals surface area contributed by atoms with Crippen LogP contribution in [0.5, 0.6) is 11.5 Å². The number of hydrogen-bond acceptors (Lipinski definition) is 6. The molecule has 0 radical (unpaired) electrons. The van der Waals surface area contributed by atoms with Gasteiger partial charge < -0.3 is 14.8 Å². The van der Waals surface area contributed by atoms with Gasteiger partial charge in [-0.25, -0.2) is 4.98 Å². The van der Waals surface area contributed by atoms with Crippen molar-refractivity contribution >= 4 is 22.4 Å². The summed E-state index contributed by atoms with van der Waals surface area (Å²) in [5.41, 5.74) is 1.52. The average Bonchev–Trinajstić information content (AvgIpc) is 3.07. The lowest BCUT2D eigenvalue weighted by Crippen LogP contribution is -2.12. The van der Waals surface area contributed by atoms with Gasteiger partial charge >= 0.3 is 0 Å². The number of carbonyl (C=O) groups excluding carboxylic acids is 1. The maximum Gasteiger partial charge on any atom is 0.257 e. The first-order chi connectivity index (χ1) is 10.2. The van der Waals surface area contributed by atoms with Crippen molar-refractivity contribution in [3.05, 3.63) is 34.3 Å². The van der Waals surface area contributed by atoms with Gasteiger partial charge in [-0.05, 0) is 18.2 Å². The highest BCUT2D eigenvalue weighted by Gasteiger charge is 2.18. The normalized spacial score (nSPS) is 12.9. The van der Waals surface area contributed by atoms with Crippen LogP contribution < -0.4 is 20.1 Å². The van der Waals surface area contributed by atoms with E-state index in [1.54, 1.807) is 25.3 Å². The van der Waals surface area contributed by atoms with Gasteiger partial charge in [0, 0.05) is 23.5 Å². The first kappa shape index (κ1) is 13.8. The molecular weight excluding hydrogens is 290 g/mol. The number of rotatable bonds is 4. The lowest BCUT2D eigenvalue weighted by Gasteiger charge is -2.09. The minimum atomic E-state index is -0.212. The second-order valence-electron chi connectivity index (χ2n) is 4.52. The number of thiazole rings is 1. The van der Waals surface area contributed by atoms with E-state index in [0.29, 0.717) is 22.2 Å². The van der Waals surface area contributed by atoms with E-state index in [9.17, 15) is 4.79 Å². The molecule has 110 valence electrons. The summed E-state index contributed by atoms with van der Waals surface area (Å²) in [6.45, 7) is 1.58. The number of anilines is 1. The third-order valence-electron chi connectivity index (χ3n) is 3.22. The first-order valence-electron chi connectivity index (χ1n) is 6.44. The molecule has 6 nitrogen and oxygen atoms in total. The molecule has 1 aromatic carbocycles. The van der Waals surface area contributed by atoms with Crippen LogP contribution in [0.1, 0.15) is 20.9 Å². The van der Waals surface area contributed by atoms with Crippen molar-refractivity contribution in [3.63, 3.8) is 0 Å². The van der Waals surface area contributed by atoms with Crippen LogP contribution in [-0.2, 0) is 13.1 Å². The molecule has 21 heavy (non-hydrogen) atoms. The maximum atomic E-state index is 12.3. The fourth-order valence-electron chi connectivity index (χ4n) is 2.15. The van der Waals surface area contributed by atoms with E-state index < -0.39 is 0 Å². The molecule has 2 N–H and O–H groups in total. The maximum absolute atomic E-state index is 12.3. The fraction of sp³-hybridized carbons (Fsp3) is 0.286. The van der Waals surface area contributed by atoms with E-state index in [1.807, 2.05) is 0 Å². The Kier molecular flexibility index (Phi) is 3.76. The Balaban J connectivity index is 1.78. The Morgan fingerprint density at radius 1 is 1.29 bits per heavy atom. The predicted octanol–water partition coefficient (Wildman–Crippen LogP) is 2.02. The molecule has 0 saturated heterocycles. The molecule has 2 heterocycles. The highest BCUT2D eigenvalue weighted by atomic mass is 32.1. The zero-order chi connectivity index (χ0) is 14.8. The van der Waals surface area contributed by atoms with Crippen molar-refractivity contribution in [1.29, 1.82) is 0 Å². The highest BCUT2D eigenvalue weighted by Crippen LogP contribution is 2.29. The van der Waals surface area contributed by atoms with E-state index in [0.717, 1.165) is 18.8 Å². The molecule has 1 aromatic heterocycles. The summed E-state index contributed by atoms with van der Waals surface area (Å²) in [6, 6.07) is 5.05. The number of benzene rings is 1. The SMILES string of the molecule is COc1ccc(C(=O)Nc2nc3c(s2)CNC3)cc1OC. The van der Waals surface area contributed by atoms with Crippen LogP contribution in [0.4, 0.5) is 5.13 Å². The van der Waals surface area contributed by atoms with Gasteiger partial charge in [0.2, 0.25) is 0 Å². The number of amides is 1. The van der Waals surface area contributed by atoms with Crippen molar-refractivity contribution in [2.24, 2.45) is 0 Å². The average molecular weight is 305 g/mol. The Hall–Kier alpha value is -2.12. The van der Waals surface area contributed by atoms with Crippen LogP contribution in [0.15, 0.2) is 18.2 Å². The number of ether oxygens (including phenoxy) is 2. The summed E-state index contributed by atoms with van der Waals surface area (Å²) in [7, 11) is 3.10. The molecular formula is C14H15N3O3S. The van der Waals surface area contributed by atoms with Crippen molar-refractivity contribution in [1.82, 2.24) is 10.3 Å². The minimum absolute atomic E-state index is 0.212. The molecule has 7 heteroatoms. The summed E-state index contributed by atoms with van der Waals surface area (Å²) in [6.07, 6.45) is 0. The second kappa shape index (κ2) is 5.71. The van der Waals surface area contributed by atoms with Crippen LogP contribution in [0.3, 0.4) is 0 Å². The van der Waals surface area contributed by atoms with Crippen LogP contribution in [0.25, 0.3) is 0 Å². The lowest BCUT2D eigenvalue weighted by molar-refractivity contribution is 0.102. The van der Waals surface area contributed by atoms with Gasteiger partial charge in [0.1, 0.15) is 0 Å². The van der Waals surface area contributed by atoms with E-state index in [1.165, 1.54) is 23.3 Å². The number of hydrogen-bond donors (Lipinski definition) is 2. The second-order valence-corrected chi connectivity index (χ2v) is 5.60. The standard InChI is InChI=1S/C14H15N3O3S/c1-19-10-4-3-8(5-11(10)20-2)13(18)17-14-16-9-6-15-7-12(9)21-14/h3-5,15H,6-7H2,1-2H3,(H,16,17,18). The quantitative estimate of drug-likeness (QED) is 0.904. The van der Waals surface area contributed by atoms with Crippen molar-refractivity contribution < 1.29 is 14.3 Å². The Bertz CT molecular complexity index is 663. The monoisotopic (exact) mass is 305 g/mol. The topological polar surface area (TPSA) is 72.5 Å². The molecule has 0 unspecified atom stereocenters. The molecule has 1 aliphatic heterocycles. The zero-order valence-electron chi connectivity index (χ0n) is 11.7. The molecule has 0 bridgehead atoms. The van der Waals surface area contributed by atoms with Crippen molar-refractivity contribution in [2.45, 2.75) is 13.1 Å². The van der Waals surface area contributed by atoms with Gasteiger partial charge in [-0.3, -0.25) is 10.1 Å². The van der Waals surface area contributed by atoms with E-state index in [4.69, 9.17) is 9.47 Å². The fourth-order valence-corrected chi connectivity index (χ4v) is 3.10. The molecule has 0 saturated carbocycles. The predicted molar refractivity (Wildman–Crippen MR) is 80.2 cm³/mol. The van der Waals surface area contributed by atoms with Crippen LogP contribution in [0.2, 0.25) is 0 Å². The summed E-state index contributed by atoms with van der Waals surface area (Å²) in [5, 5.41) is 6.66. The minimum Gasteiger partial charge on any atom is -0.493 e. The van der Waals surface area contributed by atoms with Crippen LogP contribution in [-0.4, -0.2) is 25.1 Å². The van der Waals surface area contributed by atoms with Gasteiger partial charge in [0.15, 0.2) is 16.6 Å². The molecule has 0 atom stereocenters. The molecule has 1 aliphatic rings. The van der Waals surface area contributed by atoms with Gasteiger partial charge in [0.25, 0.3) is 5.91 Å². The van der Waals surface area contributed by atoms with E-state index >= 15 is 0 Å². The molecule has 0 fully saturated rings. The largest absolute Gasteiger partial charge is 0.493 e. The summed E-state index contributed by atoms with van der Waals surface area (Å²) in [5.74, 6) is 0.903. The van der Waals surface area contributed by atoms with Crippen molar-refractivity contribution in [2.75, 3.05) is 19.5 Å². The molecule has 0 aliphatic carbocycles. The number of carbonyl (C=O) groups is 1. The first-order valence-corrected chi connectivity index (χ1v) is 7.25. The Morgan fingerprint density at radius 2 is 2.10 bits per heavy atom. The molecule has 1 amide bonds. The van der Waals surface area contributed by atoms with E-state index in [2.05, 4.69) is 15.6 Å². The Morgan fingerprint density at radius 3 is 2.81 bits per heavy atom. The number of methoxy groups -OCH3 is 2. The number of nitrogens with zero attached hydrogens (tertiary/aromatic N) is 1. The molecule has 2 aromatic rings. The smallest absolute Gasteiger partial charge is 0.257 e. The third-order valence-corrected chi connectivity index (χ3v) is 4.24. The Labute approximate surface area is 126 Å². The van der Waals surface area contributed by atoms with Gasteiger partial charge in [-0.1, -0.05) is 0 Å².